The van der Waals surface area contributed by atoms with Crippen LogP contribution in [0, 0.1) is 5.82 Å². The highest BCUT2D eigenvalue weighted by Crippen LogP contribution is 2.32. The first-order chi connectivity index (χ1) is 11.2. The predicted molar refractivity (Wildman–Crippen MR) is 87.9 cm³/mol. The summed E-state index contributed by atoms with van der Waals surface area (Å²) in [7, 11) is 1.45. The third-order valence-corrected chi connectivity index (χ3v) is 4.98. The Kier molecular flexibility index (Phi) is 4.88. The normalized spacial score (nSPS) is 15.4. The lowest BCUT2D eigenvalue weighted by Crippen LogP contribution is -2.26. The van der Waals surface area contributed by atoms with Gasteiger partial charge in [-0.15, -0.1) is 11.3 Å². The molecule has 1 saturated heterocycles. The minimum absolute atomic E-state index is 0.0237. The molecule has 1 fully saturated rings. The molecular formula is C16H18FN3O2S. The number of nitrogens with zero attached hydrogens (tertiary/aromatic N) is 1. The van der Waals surface area contributed by atoms with Crippen LogP contribution in [-0.4, -0.2) is 31.1 Å². The fraction of sp³-hybridized carbons (Fsp3) is 0.375. The van der Waals surface area contributed by atoms with Gasteiger partial charge in [-0.2, -0.15) is 0 Å². The van der Waals surface area contributed by atoms with Crippen LogP contribution in [0.2, 0.25) is 0 Å². The predicted octanol–water partition coefficient (Wildman–Crippen LogP) is 3.01. The van der Waals surface area contributed by atoms with E-state index >= 15 is 0 Å². The lowest BCUT2D eigenvalue weighted by molar-refractivity contribution is 0.102. The number of amides is 1. The zero-order valence-corrected chi connectivity index (χ0v) is 13.6. The molecular weight excluding hydrogens is 317 g/mol. The molecule has 23 heavy (non-hydrogen) atoms. The Morgan fingerprint density at radius 3 is 2.91 bits per heavy atom. The van der Waals surface area contributed by atoms with E-state index in [1.165, 1.54) is 30.6 Å². The van der Waals surface area contributed by atoms with Crippen molar-refractivity contribution in [3.8, 4) is 5.75 Å². The molecule has 0 radical (unpaired) electrons. The highest BCUT2D eigenvalue weighted by molar-refractivity contribution is 7.15. The van der Waals surface area contributed by atoms with Crippen molar-refractivity contribution in [2.45, 2.75) is 18.8 Å². The molecule has 0 saturated carbocycles. The van der Waals surface area contributed by atoms with Gasteiger partial charge in [0, 0.05) is 17.1 Å². The lowest BCUT2D eigenvalue weighted by Gasteiger charge is -2.20. The Morgan fingerprint density at radius 2 is 2.22 bits per heavy atom. The van der Waals surface area contributed by atoms with Crippen molar-refractivity contribution in [2.75, 3.05) is 25.5 Å². The Labute approximate surface area is 137 Å². The van der Waals surface area contributed by atoms with E-state index in [-0.39, 0.29) is 5.56 Å². The molecule has 0 bridgehead atoms. The van der Waals surface area contributed by atoms with Crippen LogP contribution in [0.3, 0.4) is 0 Å². The second kappa shape index (κ2) is 7.06. The number of carbonyl (C=O) groups excluding carboxylic acids is 1. The van der Waals surface area contributed by atoms with Gasteiger partial charge in [0.05, 0.1) is 12.7 Å². The summed E-state index contributed by atoms with van der Waals surface area (Å²) in [5.74, 6) is -0.257. The highest BCUT2D eigenvalue weighted by atomic mass is 32.1. The summed E-state index contributed by atoms with van der Waals surface area (Å²) < 4.78 is 18.9. The molecule has 2 heterocycles. The summed E-state index contributed by atoms with van der Waals surface area (Å²) in [6.45, 7) is 2.00. The minimum Gasteiger partial charge on any atom is -0.497 e. The number of aromatic nitrogens is 1. The van der Waals surface area contributed by atoms with E-state index < -0.39 is 11.7 Å². The summed E-state index contributed by atoms with van der Waals surface area (Å²) in [6, 6.07) is 4.16. The molecule has 0 spiro atoms. The van der Waals surface area contributed by atoms with Crippen LogP contribution >= 0.6 is 11.3 Å². The van der Waals surface area contributed by atoms with Crippen LogP contribution in [0.25, 0.3) is 0 Å². The van der Waals surface area contributed by atoms with Crippen LogP contribution in [0.1, 0.15) is 34.0 Å². The molecule has 2 N–H and O–H groups in total. The second-order valence-corrected chi connectivity index (χ2v) is 6.45. The number of anilines is 1. The molecule has 1 aromatic heterocycles. The van der Waals surface area contributed by atoms with Gasteiger partial charge in [0.15, 0.2) is 5.13 Å². The second-order valence-electron chi connectivity index (χ2n) is 5.39. The van der Waals surface area contributed by atoms with Gasteiger partial charge in [-0.25, -0.2) is 9.37 Å². The number of nitrogens with one attached hydrogen (secondary N) is 2. The van der Waals surface area contributed by atoms with Crippen molar-refractivity contribution in [3.05, 3.63) is 40.7 Å². The summed E-state index contributed by atoms with van der Waals surface area (Å²) in [5, 5.41) is 6.49. The van der Waals surface area contributed by atoms with Gasteiger partial charge in [0.2, 0.25) is 0 Å². The summed E-state index contributed by atoms with van der Waals surface area (Å²) in [4.78, 5) is 17.6. The van der Waals surface area contributed by atoms with E-state index in [2.05, 4.69) is 15.6 Å². The maximum atomic E-state index is 13.9. The maximum Gasteiger partial charge on any atom is 0.260 e. The van der Waals surface area contributed by atoms with Crippen molar-refractivity contribution in [1.29, 1.82) is 0 Å². The third-order valence-electron chi connectivity index (χ3n) is 3.91. The molecule has 0 aliphatic carbocycles. The number of piperidine rings is 1. The van der Waals surface area contributed by atoms with Gasteiger partial charge in [0.1, 0.15) is 11.6 Å². The molecule has 0 atom stereocenters. The molecule has 5 nitrogen and oxygen atoms in total. The third kappa shape index (κ3) is 3.68. The number of hydrogen-bond donors (Lipinski definition) is 2. The molecule has 1 amide bonds. The number of methoxy groups -OCH3 is 1. The summed E-state index contributed by atoms with van der Waals surface area (Å²) in [6.07, 6.45) is 3.95. The van der Waals surface area contributed by atoms with Crippen molar-refractivity contribution in [1.82, 2.24) is 10.3 Å². The number of hydrogen-bond acceptors (Lipinski definition) is 5. The van der Waals surface area contributed by atoms with Crippen LogP contribution in [-0.2, 0) is 0 Å². The van der Waals surface area contributed by atoms with Crippen molar-refractivity contribution >= 4 is 22.4 Å². The summed E-state index contributed by atoms with van der Waals surface area (Å²) in [5.41, 5.74) is -0.0237. The van der Waals surface area contributed by atoms with Gasteiger partial charge in [0.25, 0.3) is 5.91 Å². The van der Waals surface area contributed by atoms with E-state index in [9.17, 15) is 9.18 Å². The fourth-order valence-corrected chi connectivity index (χ4v) is 3.59. The van der Waals surface area contributed by atoms with Crippen molar-refractivity contribution in [3.63, 3.8) is 0 Å². The maximum absolute atomic E-state index is 13.9. The smallest absolute Gasteiger partial charge is 0.260 e. The molecule has 7 heteroatoms. The number of rotatable bonds is 4. The molecule has 1 aliphatic rings. The molecule has 2 aromatic rings. The standard InChI is InChI=1S/C16H18FN3O2S/c1-22-11-2-3-12(13(17)8-11)15(21)20-16-19-9-14(23-16)10-4-6-18-7-5-10/h2-3,8-10,18H,4-7H2,1H3,(H,19,20,21). The van der Waals surface area contributed by atoms with E-state index in [0.29, 0.717) is 16.8 Å². The van der Waals surface area contributed by atoms with Crippen LogP contribution in [0.5, 0.6) is 5.75 Å². The molecule has 122 valence electrons. The zero-order chi connectivity index (χ0) is 16.2. The van der Waals surface area contributed by atoms with Gasteiger partial charge < -0.3 is 10.1 Å². The first-order valence-electron chi connectivity index (χ1n) is 7.48. The number of benzene rings is 1. The first-order valence-corrected chi connectivity index (χ1v) is 8.30. The Hall–Kier alpha value is -1.99. The van der Waals surface area contributed by atoms with E-state index in [0.717, 1.165) is 30.8 Å². The average Bonchev–Trinajstić information content (AvgIpc) is 3.03. The number of thiazole rings is 1. The molecule has 1 aliphatic heterocycles. The molecule has 1 aromatic carbocycles. The number of ether oxygens (including phenoxy) is 1. The summed E-state index contributed by atoms with van der Waals surface area (Å²) >= 11 is 1.46. The highest BCUT2D eigenvalue weighted by Gasteiger charge is 2.19. The quantitative estimate of drug-likeness (QED) is 0.901. The van der Waals surface area contributed by atoms with Crippen molar-refractivity contribution in [2.24, 2.45) is 0 Å². The minimum atomic E-state index is -0.614. The average molecular weight is 335 g/mol. The fourth-order valence-electron chi connectivity index (χ4n) is 2.61. The molecule has 3 rings (SSSR count). The van der Waals surface area contributed by atoms with E-state index in [1.54, 1.807) is 12.3 Å². The lowest BCUT2D eigenvalue weighted by atomic mass is 9.97. The number of carbonyl (C=O) groups is 1. The van der Waals surface area contributed by atoms with Gasteiger partial charge in [-0.05, 0) is 44.0 Å². The first kappa shape index (κ1) is 15.9. The van der Waals surface area contributed by atoms with Crippen LogP contribution < -0.4 is 15.4 Å². The van der Waals surface area contributed by atoms with E-state index in [4.69, 9.17) is 4.74 Å². The van der Waals surface area contributed by atoms with Crippen molar-refractivity contribution < 1.29 is 13.9 Å². The van der Waals surface area contributed by atoms with Gasteiger partial charge >= 0.3 is 0 Å². The zero-order valence-electron chi connectivity index (χ0n) is 12.8. The van der Waals surface area contributed by atoms with E-state index in [1.807, 2.05) is 0 Å². The Morgan fingerprint density at radius 1 is 1.43 bits per heavy atom. The largest absolute Gasteiger partial charge is 0.497 e. The van der Waals surface area contributed by atoms with Gasteiger partial charge in [-0.3, -0.25) is 10.1 Å². The van der Waals surface area contributed by atoms with Crippen LogP contribution in [0.15, 0.2) is 24.4 Å². The number of halogens is 1. The molecule has 0 unspecified atom stereocenters. The monoisotopic (exact) mass is 335 g/mol. The van der Waals surface area contributed by atoms with Crippen LogP contribution in [0.4, 0.5) is 9.52 Å². The Bertz CT molecular complexity index is 698. The van der Waals surface area contributed by atoms with Gasteiger partial charge in [-0.1, -0.05) is 0 Å². The Balaban J connectivity index is 1.69. The topological polar surface area (TPSA) is 63.2 Å². The SMILES string of the molecule is COc1ccc(C(=O)Nc2ncc(C3CCNCC3)s2)c(F)c1.